The lowest BCUT2D eigenvalue weighted by molar-refractivity contribution is 0.422. The van der Waals surface area contributed by atoms with Gasteiger partial charge in [0, 0.05) is 11.1 Å². The molecule has 45 heavy (non-hydrogen) atoms. The number of aromatic nitrogens is 2. The molecule has 0 amide bonds. The summed E-state index contributed by atoms with van der Waals surface area (Å²) in [5.74, 6) is 1.23. The summed E-state index contributed by atoms with van der Waals surface area (Å²) in [6.45, 7) is 12.2. The first-order chi connectivity index (χ1) is 22.1. The first kappa shape index (κ1) is 34.2. The summed E-state index contributed by atoms with van der Waals surface area (Å²) in [5, 5.41) is 16.0. The van der Waals surface area contributed by atoms with Crippen LogP contribution in [0.3, 0.4) is 0 Å². The molecule has 0 saturated carbocycles. The minimum atomic E-state index is 0.130. The van der Waals surface area contributed by atoms with Gasteiger partial charge in [0.1, 0.15) is 5.76 Å². The maximum Gasteiger partial charge on any atom is 0.248 e. The molecule has 0 spiro atoms. The minimum absolute atomic E-state index is 0.130. The van der Waals surface area contributed by atoms with Crippen molar-refractivity contribution >= 4 is 5.90 Å². The van der Waals surface area contributed by atoms with Gasteiger partial charge < -0.3 is 9.15 Å². The van der Waals surface area contributed by atoms with Gasteiger partial charge in [0.05, 0.1) is 0 Å². The zero-order valence-electron chi connectivity index (χ0n) is 26.7. The Balaban J connectivity index is 0.000000222. The standard InChI is InChI=1S/C21H19NO.C14H10N2O.C3H8.C2H6/c1-16(17-10-4-2-5-11-17)23-21(22)20-15-9-8-14-19(20)18-12-6-3-7-13-18;1-2-6-11(7-3-1)12-8-4-5-9-13(12)14-16-15-10-17-14;1-3-2;1-2/h2-4,6-10,12-15,22H,1,5,11H2;1-10H;3H2,1-2H3;1-2H3. The van der Waals surface area contributed by atoms with Crippen LogP contribution in [0.2, 0.25) is 0 Å². The summed E-state index contributed by atoms with van der Waals surface area (Å²) in [6.07, 6.45) is 10.6. The van der Waals surface area contributed by atoms with Crippen LogP contribution >= 0.6 is 0 Å². The average Bonchev–Trinajstić information content (AvgIpc) is 3.66. The third-order valence-electron chi connectivity index (χ3n) is 6.46. The molecule has 5 heteroatoms. The second kappa shape index (κ2) is 19.1. The van der Waals surface area contributed by atoms with Crippen LogP contribution in [0.4, 0.5) is 0 Å². The maximum atomic E-state index is 8.34. The normalized spacial score (nSPS) is 11.2. The lowest BCUT2D eigenvalue weighted by Crippen LogP contribution is -2.08. The van der Waals surface area contributed by atoms with E-state index >= 15 is 0 Å². The zero-order valence-corrected chi connectivity index (χ0v) is 26.7. The van der Waals surface area contributed by atoms with Crippen molar-refractivity contribution in [1.29, 1.82) is 5.41 Å². The number of hydrogen-bond acceptors (Lipinski definition) is 5. The van der Waals surface area contributed by atoms with Gasteiger partial charge in [-0.2, -0.15) is 0 Å². The summed E-state index contributed by atoms with van der Waals surface area (Å²) in [5.41, 5.74) is 7.07. The van der Waals surface area contributed by atoms with E-state index in [1.54, 1.807) is 0 Å². The van der Waals surface area contributed by atoms with Gasteiger partial charge in [-0.05, 0) is 52.8 Å². The van der Waals surface area contributed by atoms with Gasteiger partial charge in [-0.25, -0.2) is 0 Å². The van der Waals surface area contributed by atoms with Crippen molar-refractivity contribution in [3.8, 4) is 33.7 Å². The third kappa shape index (κ3) is 10.1. The van der Waals surface area contributed by atoms with Crippen LogP contribution in [0.15, 0.2) is 156 Å². The van der Waals surface area contributed by atoms with E-state index in [-0.39, 0.29) is 5.90 Å². The van der Waals surface area contributed by atoms with E-state index in [4.69, 9.17) is 14.6 Å². The Labute approximate surface area is 268 Å². The summed E-state index contributed by atoms with van der Waals surface area (Å²) < 4.78 is 11.0. The Hall–Kier alpha value is -5.29. The van der Waals surface area contributed by atoms with Crippen LogP contribution in [-0.4, -0.2) is 16.1 Å². The summed E-state index contributed by atoms with van der Waals surface area (Å²) in [6, 6.07) is 36.0. The first-order valence-electron chi connectivity index (χ1n) is 15.5. The molecule has 230 valence electrons. The molecule has 0 fully saturated rings. The Morgan fingerprint density at radius 2 is 1.31 bits per heavy atom. The van der Waals surface area contributed by atoms with Gasteiger partial charge in [-0.1, -0.05) is 156 Å². The molecule has 1 heterocycles. The molecule has 5 aromatic rings. The van der Waals surface area contributed by atoms with Gasteiger partial charge in [0.25, 0.3) is 0 Å². The van der Waals surface area contributed by atoms with Crippen LogP contribution in [0.1, 0.15) is 52.5 Å². The van der Waals surface area contributed by atoms with Crippen molar-refractivity contribution in [3.63, 3.8) is 0 Å². The molecule has 0 bridgehead atoms. The number of ether oxygens (including phenoxy) is 1. The Bertz CT molecular complexity index is 1650. The number of nitrogens with zero attached hydrogens (tertiary/aromatic N) is 2. The molecule has 0 saturated heterocycles. The molecule has 5 nitrogen and oxygen atoms in total. The highest BCUT2D eigenvalue weighted by atomic mass is 16.5. The lowest BCUT2D eigenvalue weighted by atomic mass is 9.99. The van der Waals surface area contributed by atoms with E-state index in [2.05, 4.69) is 54.9 Å². The quantitative estimate of drug-likeness (QED) is 0.120. The fourth-order valence-corrected chi connectivity index (χ4v) is 4.46. The fourth-order valence-electron chi connectivity index (χ4n) is 4.46. The van der Waals surface area contributed by atoms with Crippen molar-refractivity contribution in [2.45, 2.75) is 47.0 Å². The SMILES string of the molecule is C=C(OC(=N)c1ccccc1-c1ccccc1)C1=CC=CCC1.CC.CCC.c1ccc(-c2ccccc2-c2nnco2)cc1. The molecule has 1 aromatic heterocycles. The fraction of sp³-hybridized carbons (Fsp3) is 0.175. The van der Waals surface area contributed by atoms with Gasteiger partial charge in [0.15, 0.2) is 0 Å². The monoisotopic (exact) mass is 597 g/mol. The van der Waals surface area contributed by atoms with Crippen LogP contribution in [0, 0.1) is 5.41 Å². The van der Waals surface area contributed by atoms with Gasteiger partial charge in [0.2, 0.25) is 18.2 Å². The highest BCUT2D eigenvalue weighted by Gasteiger charge is 2.14. The molecule has 1 aliphatic carbocycles. The minimum Gasteiger partial charge on any atom is -0.439 e. The number of rotatable bonds is 6. The largest absolute Gasteiger partial charge is 0.439 e. The molecule has 6 rings (SSSR count). The second-order valence-corrected chi connectivity index (χ2v) is 9.79. The van der Waals surface area contributed by atoms with E-state index in [9.17, 15) is 0 Å². The highest BCUT2D eigenvalue weighted by Crippen LogP contribution is 2.30. The predicted octanol–water partition coefficient (Wildman–Crippen LogP) is 11.3. The molecule has 0 aliphatic heterocycles. The molecular weight excluding hydrogens is 554 g/mol. The summed E-state index contributed by atoms with van der Waals surface area (Å²) in [7, 11) is 0. The van der Waals surface area contributed by atoms with Crippen LogP contribution in [-0.2, 0) is 4.74 Å². The van der Waals surface area contributed by atoms with Crippen LogP contribution in [0.5, 0.6) is 0 Å². The zero-order chi connectivity index (χ0) is 32.3. The van der Waals surface area contributed by atoms with Gasteiger partial charge in [-0.15, -0.1) is 10.2 Å². The number of benzene rings is 4. The highest BCUT2D eigenvalue weighted by molar-refractivity contribution is 5.99. The van der Waals surface area contributed by atoms with E-state index in [1.165, 1.54) is 12.8 Å². The summed E-state index contributed by atoms with van der Waals surface area (Å²) >= 11 is 0. The van der Waals surface area contributed by atoms with E-state index in [0.29, 0.717) is 11.6 Å². The molecule has 1 aliphatic rings. The van der Waals surface area contributed by atoms with E-state index in [1.807, 2.05) is 117 Å². The third-order valence-corrected chi connectivity index (χ3v) is 6.46. The smallest absolute Gasteiger partial charge is 0.248 e. The van der Waals surface area contributed by atoms with Gasteiger partial charge in [-0.3, -0.25) is 5.41 Å². The average molecular weight is 598 g/mol. The van der Waals surface area contributed by atoms with Crippen LogP contribution in [0.25, 0.3) is 33.7 Å². The molecule has 4 aromatic carbocycles. The maximum absolute atomic E-state index is 8.34. The number of allylic oxidation sites excluding steroid dienone is 4. The van der Waals surface area contributed by atoms with Crippen molar-refractivity contribution < 1.29 is 9.15 Å². The van der Waals surface area contributed by atoms with Crippen LogP contribution < -0.4 is 0 Å². The van der Waals surface area contributed by atoms with Crippen molar-refractivity contribution in [2.75, 3.05) is 0 Å². The number of hydrogen-bond donors (Lipinski definition) is 1. The van der Waals surface area contributed by atoms with E-state index in [0.717, 1.165) is 51.8 Å². The molecule has 0 unspecified atom stereocenters. The summed E-state index contributed by atoms with van der Waals surface area (Å²) in [4.78, 5) is 0. The van der Waals surface area contributed by atoms with Crippen molar-refractivity contribution in [3.05, 3.63) is 157 Å². The van der Waals surface area contributed by atoms with E-state index < -0.39 is 0 Å². The Kier molecular flexibility index (Phi) is 14.5. The Morgan fingerprint density at radius 3 is 1.87 bits per heavy atom. The topological polar surface area (TPSA) is 72.0 Å². The van der Waals surface area contributed by atoms with Crippen molar-refractivity contribution in [2.24, 2.45) is 0 Å². The lowest BCUT2D eigenvalue weighted by Gasteiger charge is -2.16. The van der Waals surface area contributed by atoms with Crippen molar-refractivity contribution in [1.82, 2.24) is 10.2 Å². The molecule has 1 N–H and O–H groups in total. The first-order valence-corrected chi connectivity index (χ1v) is 15.5. The molecule has 0 radical (unpaired) electrons. The van der Waals surface area contributed by atoms with Gasteiger partial charge >= 0.3 is 0 Å². The second-order valence-electron chi connectivity index (χ2n) is 9.79. The Morgan fingerprint density at radius 1 is 0.778 bits per heavy atom. The molecule has 0 atom stereocenters. The predicted molar refractivity (Wildman–Crippen MR) is 188 cm³/mol. The molecular formula is C40H43N3O2. The number of nitrogens with one attached hydrogen (secondary N) is 1.